The van der Waals surface area contributed by atoms with Crippen LogP contribution in [0.4, 0.5) is 0 Å². The van der Waals surface area contributed by atoms with Crippen LogP contribution in [0.3, 0.4) is 0 Å². The zero-order valence-corrected chi connectivity index (χ0v) is 11.8. The summed E-state index contributed by atoms with van der Waals surface area (Å²) >= 11 is 0. The largest absolute Gasteiger partial charge is 0.481 e. The van der Waals surface area contributed by atoms with E-state index in [0.717, 1.165) is 29.6 Å². The van der Waals surface area contributed by atoms with Gasteiger partial charge in [0, 0.05) is 31.1 Å². The summed E-state index contributed by atoms with van der Waals surface area (Å²) in [6.45, 7) is 4.14. The van der Waals surface area contributed by atoms with Crippen LogP contribution in [-0.4, -0.2) is 29.1 Å². The molecular weight excluding hydrogens is 270 g/mol. The van der Waals surface area contributed by atoms with Gasteiger partial charge in [-0.05, 0) is 30.0 Å². The van der Waals surface area contributed by atoms with Crippen molar-refractivity contribution < 1.29 is 14.3 Å². The van der Waals surface area contributed by atoms with Crippen molar-refractivity contribution in [1.82, 2.24) is 4.90 Å². The molecular formula is C16H17NO4. The third-order valence-electron chi connectivity index (χ3n) is 3.88. The van der Waals surface area contributed by atoms with Gasteiger partial charge in [0.05, 0.1) is 6.42 Å². The molecule has 0 radical (unpaired) electrons. The molecule has 2 heterocycles. The Morgan fingerprint density at radius 1 is 1.38 bits per heavy atom. The Bertz CT molecular complexity index is 744. The lowest BCUT2D eigenvalue weighted by Gasteiger charge is -2.38. The van der Waals surface area contributed by atoms with Crippen molar-refractivity contribution in [3.05, 3.63) is 45.8 Å². The summed E-state index contributed by atoms with van der Waals surface area (Å²) in [5.74, 6) is -0.530. The second kappa shape index (κ2) is 5.33. The van der Waals surface area contributed by atoms with Gasteiger partial charge in [-0.2, -0.15) is 0 Å². The maximum atomic E-state index is 11.7. The number of likely N-dealkylation sites (tertiary alicyclic amines) is 1. The highest BCUT2D eigenvalue weighted by atomic mass is 16.4. The molecule has 0 bridgehead atoms. The van der Waals surface area contributed by atoms with Gasteiger partial charge in [-0.25, -0.2) is 4.79 Å². The zero-order chi connectivity index (χ0) is 15.0. The highest BCUT2D eigenvalue weighted by molar-refractivity contribution is 5.80. The number of rotatable bonds is 4. The van der Waals surface area contributed by atoms with Crippen LogP contribution in [0.1, 0.15) is 17.5 Å². The number of fused-ring (bicyclic) bond motifs is 1. The lowest BCUT2D eigenvalue weighted by Crippen LogP contribution is -2.46. The molecule has 0 spiro atoms. The topological polar surface area (TPSA) is 70.8 Å². The summed E-state index contributed by atoms with van der Waals surface area (Å²) in [6, 6.07) is 7.36. The van der Waals surface area contributed by atoms with E-state index < -0.39 is 5.97 Å². The molecule has 2 aromatic rings. The summed E-state index contributed by atoms with van der Waals surface area (Å²) < 4.78 is 5.24. The Balaban J connectivity index is 1.79. The molecule has 1 saturated heterocycles. The van der Waals surface area contributed by atoms with Crippen molar-refractivity contribution in [3.8, 4) is 0 Å². The van der Waals surface area contributed by atoms with Crippen LogP contribution < -0.4 is 5.63 Å². The molecule has 5 heteroatoms. The molecule has 1 aromatic carbocycles. The first kappa shape index (κ1) is 13.8. The van der Waals surface area contributed by atoms with Crippen molar-refractivity contribution in [1.29, 1.82) is 0 Å². The number of hydrogen-bond donors (Lipinski definition) is 1. The van der Waals surface area contributed by atoms with Gasteiger partial charge in [-0.1, -0.05) is 12.1 Å². The van der Waals surface area contributed by atoms with Gasteiger partial charge in [-0.3, -0.25) is 9.69 Å². The van der Waals surface area contributed by atoms with Crippen molar-refractivity contribution >= 4 is 16.9 Å². The summed E-state index contributed by atoms with van der Waals surface area (Å²) in [7, 11) is 0. The molecule has 0 amide bonds. The van der Waals surface area contributed by atoms with E-state index >= 15 is 0 Å². The first-order valence-electron chi connectivity index (χ1n) is 6.99. The molecule has 3 rings (SSSR count). The van der Waals surface area contributed by atoms with E-state index in [4.69, 9.17) is 9.52 Å². The Hall–Kier alpha value is -2.14. The third kappa shape index (κ3) is 2.97. The van der Waals surface area contributed by atoms with E-state index in [1.165, 1.54) is 6.07 Å². The SMILES string of the molecule is Cc1ccc2c(CN3CC(CC(=O)O)C3)cc(=O)oc2c1. The Kier molecular flexibility index (Phi) is 3.51. The van der Waals surface area contributed by atoms with E-state index in [1.54, 1.807) is 0 Å². The van der Waals surface area contributed by atoms with Crippen LogP contribution in [0.15, 0.2) is 33.5 Å². The molecule has 1 aliphatic heterocycles. The number of carbonyl (C=O) groups is 1. The van der Waals surface area contributed by atoms with Gasteiger partial charge in [0.1, 0.15) is 5.58 Å². The first-order valence-corrected chi connectivity index (χ1v) is 6.99. The molecule has 110 valence electrons. The average Bonchev–Trinajstić information content (AvgIpc) is 2.34. The van der Waals surface area contributed by atoms with E-state index in [2.05, 4.69) is 4.90 Å². The summed E-state index contributed by atoms with van der Waals surface area (Å²) in [5.41, 5.74) is 2.26. The van der Waals surface area contributed by atoms with Crippen LogP contribution >= 0.6 is 0 Å². The fourth-order valence-corrected chi connectivity index (χ4v) is 2.89. The molecule has 1 aromatic heterocycles. The van der Waals surface area contributed by atoms with Gasteiger partial charge >= 0.3 is 11.6 Å². The summed E-state index contributed by atoms with van der Waals surface area (Å²) in [5, 5.41) is 9.70. The lowest BCUT2D eigenvalue weighted by atomic mass is 9.95. The second-order valence-corrected chi connectivity index (χ2v) is 5.75. The standard InChI is InChI=1S/C16H17NO4/c1-10-2-3-13-12(6-16(20)21-14(13)4-10)9-17-7-11(8-17)5-15(18)19/h2-4,6,11H,5,7-9H2,1H3,(H,18,19). The van der Waals surface area contributed by atoms with Crippen molar-refractivity contribution in [2.75, 3.05) is 13.1 Å². The van der Waals surface area contributed by atoms with Crippen molar-refractivity contribution in [3.63, 3.8) is 0 Å². The molecule has 0 unspecified atom stereocenters. The van der Waals surface area contributed by atoms with E-state index in [9.17, 15) is 9.59 Å². The number of nitrogens with zero attached hydrogens (tertiary/aromatic N) is 1. The molecule has 0 saturated carbocycles. The fraction of sp³-hybridized carbons (Fsp3) is 0.375. The Labute approximate surface area is 121 Å². The molecule has 21 heavy (non-hydrogen) atoms. The van der Waals surface area contributed by atoms with Crippen LogP contribution in [0.25, 0.3) is 11.0 Å². The molecule has 1 N–H and O–H groups in total. The summed E-state index contributed by atoms with van der Waals surface area (Å²) in [6.07, 6.45) is 0.216. The van der Waals surface area contributed by atoms with Crippen molar-refractivity contribution in [2.45, 2.75) is 19.9 Å². The lowest BCUT2D eigenvalue weighted by molar-refractivity contribution is -0.139. The monoisotopic (exact) mass is 287 g/mol. The maximum absolute atomic E-state index is 11.7. The Morgan fingerprint density at radius 2 is 2.14 bits per heavy atom. The molecule has 1 aliphatic rings. The molecule has 5 nitrogen and oxygen atoms in total. The highest BCUT2D eigenvalue weighted by Crippen LogP contribution is 2.25. The first-order chi connectivity index (χ1) is 10.0. The van der Waals surface area contributed by atoms with E-state index in [1.807, 2.05) is 25.1 Å². The fourth-order valence-electron chi connectivity index (χ4n) is 2.89. The number of aliphatic carboxylic acids is 1. The third-order valence-corrected chi connectivity index (χ3v) is 3.88. The Morgan fingerprint density at radius 3 is 2.86 bits per heavy atom. The molecule has 1 fully saturated rings. The predicted octanol–water partition coefficient (Wildman–Crippen LogP) is 2.01. The number of carboxylic acids is 1. The van der Waals surface area contributed by atoms with Crippen LogP contribution in [-0.2, 0) is 11.3 Å². The quantitative estimate of drug-likeness (QED) is 0.871. The number of aryl methyl sites for hydroxylation is 1. The van der Waals surface area contributed by atoms with E-state index in [-0.39, 0.29) is 18.0 Å². The minimum absolute atomic E-state index is 0.216. The minimum Gasteiger partial charge on any atom is -0.481 e. The van der Waals surface area contributed by atoms with Gasteiger partial charge < -0.3 is 9.52 Å². The molecule has 0 atom stereocenters. The normalized spacial score (nSPS) is 16.0. The van der Waals surface area contributed by atoms with Gasteiger partial charge in [0.25, 0.3) is 0 Å². The predicted molar refractivity (Wildman–Crippen MR) is 78.2 cm³/mol. The van der Waals surface area contributed by atoms with E-state index in [0.29, 0.717) is 12.1 Å². The summed E-state index contributed by atoms with van der Waals surface area (Å²) in [4.78, 5) is 24.5. The smallest absolute Gasteiger partial charge is 0.336 e. The van der Waals surface area contributed by atoms with Crippen molar-refractivity contribution in [2.24, 2.45) is 5.92 Å². The highest BCUT2D eigenvalue weighted by Gasteiger charge is 2.28. The van der Waals surface area contributed by atoms with Gasteiger partial charge in [0.2, 0.25) is 0 Å². The number of carboxylic acid groups (broad SMARTS) is 1. The average molecular weight is 287 g/mol. The number of hydrogen-bond acceptors (Lipinski definition) is 4. The second-order valence-electron chi connectivity index (χ2n) is 5.75. The van der Waals surface area contributed by atoms with Gasteiger partial charge in [-0.15, -0.1) is 0 Å². The van der Waals surface area contributed by atoms with Crippen LogP contribution in [0.2, 0.25) is 0 Å². The van der Waals surface area contributed by atoms with Crippen LogP contribution in [0, 0.1) is 12.8 Å². The minimum atomic E-state index is -0.749. The number of benzene rings is 1. The maximum Gasteiger partial charge on any atom is 0.336 e. The van der Waals surface area contributed by atoms with Crippen LogP contribution in [0.5, 0.6) is 0 Å². The van der Waals surface area contributed by atoms with Gasteiger partial charge in [0.15, 0.2) is 0 Å². The molecule has 0 aliphatic carbocycles. The zero-order valence-electron chi connectivity index (χ0n) is 11.8.